The van der Waals surface area contributed by atoms with E-state index in [1.807, 2.05) is 36.4 Å². The number of hydrogen-bond acceptors (Lipinski definition) is 4. The number of ether oxygens (including phenoxy) is 1. The molecule has 2 aliphatic rings. The zero-order chi connectivity index (χ0) is 17.1. The molecular formula is C20H25Cl2N3O2. The first-order chi connectivity index (χ1) is 12.3. The molecular weight excluding hydrogens is 385 g/mol. The van der Waals surface area contributed by atoms with Crippen LogP contribution in [0.2, 0.25) is 0 Å². The van der Waals surface area contributed by atoms with Crippen LogP contribution in [-0.4, -0.2) is 41.0 Å². The Morgan fingerprint density at radius 2 is 2.00 bits per heavy atom. The molecule has 27 heavy (non-hydrogen) atoms. The van der Waals surface area contributed by atoms with Gasteiger partial charge in [0.05, 0.1) is 0 Å². The van der Waals surface area contributed by atoms with E-state index in [2.05, 4.69) is 15.2 Å². The average molecular weight is 410 g/mol. The molecule has 7 heteroatoms. The highest BCUT2D eigenvalue weighted by atomic mass is 35.5. The number of amides is 1. The maximum absolute atomic E-state index is 13.1. The van der Waals surface area contributed by atoms with Gasteiger partial charge < -0.3 is 15.0 Å². The van der Waals surface area contributed by atoms with Gasteiger partial charge in [-0.3, -0.25) is 9.78 Å². The van der Waals surface area contributed by atoms with Crippen molar-refractivity contribution in [1.29, 1.82) is 0 Å². The molecule has 0 saturated carbocycles. The summed E-state index contributed by atoms with van der Waals surface area (Å²) >= 11 is 0. The minimum atomic E-state index is 0. The highest BCUT2D eigenvalue weighted by Gasteiger charge is 2.38. The number of fused-ring (bicyclic) bond motifs is 2. The first kappa shape index (κ1) is 21.5. The van der Waals surface area contributed by atoms with Crippen molar-refractivity contribution in [2.75, 3.05) is 13.1 Å². The van der Waals surface area contributed by atoms with Crippen molar-refractivity contribution in [3.63, 3.8) is 0 Å². The third kappa shape index (κ3) is 4.92. The molecule has 0 radical (unpaired) electrons. The van der Waals surface area contributed by atoms with Crippen molar-refractivity contribution in [3.8, 4) is 5.75 Å². The molecule has 2 aromatic rings. The molecule has 1 amide bonds. The number of halogens is 2. The fourth-order valence-electron chi connectivity index (χ4n) is 3.83. The van der Waals surface area contributed by atoms with E-state index in [0.717, 1.165) is 43.7 Å². The topological polar surface area (TPSA) is 54.5 Å². The quantitative estimate of drug-likeness (QED) is 0.839. The number of pyridine rings is 1. The third-order valence-corrected chi connectivity index (χ3v) is 5.10. The van der Waals surface area contributed by atoms with E-state index in [4.69, 9.17) is 4.74 Å². The van der Waals surface area contributed by atoms with Crippen LogP contribution in [0.25, 0.3) is 0 Å². The Balaban J connectivity index is 0.00000131. The molecule has 2 bridgehead atoms. The zero-order valence-electron chi connectivity index (χ0n) is 15.0. The third-order valence-electron chi connectivity index (χ3n) is 5.10. The minimum absolute atomic E-state index is 0. The number of nitrogens with one attached hydrogen (secondary N) is 1. The molecule has 146 valence electrons. The SMILES string of the molecule is Cl.Cl.O=C(c1cccc(OCc2cccnc2)c1)N1C2CCNCC1CC2. The van der Waals surface area contributed by atoms with Crippen LogP contribution in [-0.2, 0) is 6.61 Å². The first-order valence-electron chi connectivity index (χ1n) is 8.96. The summed E-state index contributed by atoms with van der Waals surface area (Å²) in [4.78, 5) is 19.3. The lowest BCUT2D eigenvalue weighted by molar-refractivity contribution is 0.0680. The molecule has 2 aliphatic heterocycles. The molecule has 1 aromatic carbocycles. The van der Waals surface area contributed by atoms with Gasteiger partial charge in [0.25, 0.3) is 5.91 Å². The summed E-state index contributed by atoms with van der Waals surface area (Å²) in [5, 5.41) is 3.44. The highest BCUT2D eigenvalue weighted by molar-refractivity contribution is 5.95. The van der Waals surface area contributed by atoms with Gasteiger partial charge in [-0.25, -0.2) is 0 Å². The lowest BCUT2D eigenvalue weighted by atomic mass is 10.1. The summed E-state index contributed by atoms with van der Waals surface area (Å²) in [5.41, 5.74) is 1.72. The standard InChI is InChI=1S/C20H23N3O2.2ClH/c24-20(23-17-6-7-18(23)13-22-10-8-17)16-4-1-5-19(11-16)25-14-15-3-2-9-21-12-15;;/h1-5,9,11-12,17-18,22H,6-8,10,13-14H2;2*1H. The molecule has 0 spiro atoms. The summed E-state index contributed by atoms with van der Waals surface area (Å²) in [7, 11) is 0. The van der Waals surface area contributed by atoms with Crippen molar-refractivity contribution >= 4 is 30.7 Å². The molecule has 1 N–H and O–H groups in total. The van der Waals surface area contributed by atoms with E-state index in [1.165, 1.54) is 0 Å². The van der Waals surface area contributed by atoms with Crippen molar-refractivity contribution in [2.24, 2.45) is 0 Å². The Morgan fingerprint density at radius 1 is 1.15 bits per heavy atom. The summed E-state index contributed by atoms with van der Waals surface area (Å²) in [6.45, 7) is 2.35. The van der Waals surface area contributed by atoms with E-state index in [0.29, 0.717) is 24.3 Å². The predicted octanol–water partition coefficient (Wildman–Crippen LogP) is 3.47. The molecule has 1 aromatic heterocycles. The van der Waals surface area contributed by atoms with E-state index in [1.54, 1.807) is 12.4 Å². The normalized spacial score (nSPS) is 20.8. The minimum Gasteiger partial charge on any atom is -0.489 e. The number of carbonyl (C=O) groups excluding carboxylic acids is 1. The van der Waals surface area contributed by atoms with Crippen LogP contribution in [0.15, 0.2) is 48.8 Å². The molecule has 4 rings (SSSR count). The number of rotatable bonds is 4. The number of benzene rings is 1. The smallest absolute Gasteiger partial charge is 0.254 e. The van der Waals surface area contributed by atoms with Gasteiger partial charge in [0.15, 0.2) is 0 Å². The first-order valence-corrected chi connectivity index (χ1v) is 8.96. The van der Waals surface area contributed by atoms with E-state index in [-0.39, 0.29) is 30.7 Å². The van der Waals surface area contributed by atoms with Crippen molar-refractivity contribution in [1.82, 2.24) is 15.2 Å². The summed E-state index contributed by atoms with van der Waals surface area (Å²) < 4.78 is 5.84. The fourth-order valence-corrected chi connectivity index (χ4v) is 3.83. The van der Waals surface area contributed by atoms with Gasteiger partial charge >= 0.3 is 0 Å². The highest BCUT2D eigenvalue weighted by Crippen LogP contribution is 2.30. The molecule has 5 nitrogen and oxygen atoms in total. The van der Waals surface area contributed by atoms with Crippen LogP contribution in [0.1, 0.15) is 35.2 Å². The Hall–Kier alpha value is -1.82. The molecule has 2 atom stereocenters. The number of hydrogen-bond donors (Lipinski definition) is 1. The van der Waals surface area contributed by atoms with Gasteiger partial charge in [0, 0.05) is 42.1 Å². The predicted molar refractivity (Wildman–Crippen MR) is 110 cm³/mol. The van der Waals surface area contributed by atoms with Gasteiger partial charge in [-0.05, 0) is 50.1 Å². The lowest BCUT2D eigenvalue weighted by Gasteiger charge is -2.28. The molecule has 2 fully saturated rings. The number of nitrogens with zero attached hydrogens (tertiary/aromatic N) is 2. The maximum atomic E-state index is 13.1. The second-order valence-corrected chi connectivity index (χ2v) is 6.77. The molecule has 0 aliphatic carbocycles. The van der Waals surface area contributed by atoms with Crippen molar-refractivity contribution < 1.29 is 9.53 Å². The molecule has 2 saturated heterocycles. The Labute approximate surface area is 172 Å². The number of carbonyl (C=O) groups is 1. The second kappa shape index (κ2) is 9.93. The van der Waals surface area contributed by atoms with Gasteiger partial charge in [-0.2, -0.15) is 0 Å². The van der Waals surface area contributed by atoms with Crippen molar-refractivity contribution in [2.45, 2.75) is 38.0 Å². The Bertz CT molecular complexity index is 731. The maximum Gasteiger partial charge on any atom is 0.254 e. The lowest BCUT2D eigenvalue weighted by Crippen LogP contribution is -2.42. The number of aromatic nitrogens is 1. The van der Waals surface area contributed by atoms with Crippen LogP contribution in [0, 0.1) is 0 Å². The Morgan fingerprint density at radius 3 is 2.81 bits per heavy atom. The largest absolute Gasteiger partial charge is 0.489 e. The van der Waals surface area contributed by atoms with Crippen LogP contribution < -0.4 is 10.1 Å². The van der Waals surface area contributed by atoms with Gasteiger partial charge in [0.2, 0.25) is 0 Å². The summed E-state index contributed by atoms with van der Waals surface area (Å²) in [6.07, 6.45) is 6.79. The second-order valence-electron chi connectivity index (χ2n) is 6.77. The zero-order valence-corrected chi connectivity index (χ0v) is 16.7. The van der Waals surface area contributed by atoms with Crippen molar-refractivity contribution in [3.05, 3.63) is 59.9 Å². The van der Waals surface area contributed by atoms with Crippen LogP contribution in [0.3, 0.4) is 0 Å². The fraction of sp³-hybridized carbons (Fsp3) is 0.400. The van der Waals surface area contributed by atoms with E-state index >= 15 is 0 Å². The van der Waals surface area contributed by atoms with Crippen LogP contribution in [0.5, 0.6) is 5.75 Å². The van der Waals surface area contributed by atoms with E-state index < -0.39 is 0 Å². The van der Waals surface area contributed by atoms with E-state index in [9.17, 15) is 4.79 Å². The summed E-state index contributed by atoms with van der Waals surface area (Å²) in [6, 6.07) is 12.1. The summed E-state index contributed by atoms with van der Waals surface area (Å²) in [5.74, 6) is 0.845. The van der Waals surface area contributed by atoms with Gasteiger partial charge in [-0.1, -0.05) is 12.1 Å². The molecule has 3 heterocycles. The van der Waals surface area contributed by atoms with Gasteiger partial charge in [0.1, 0.15) is 12.4 Å². The molecule has 2 unspecified atom stereocenters. The Kier molecular flexibility index (Phi) is 7.90. The van der Waals surface area contributed by atoms with Crippen LogP contribution in [0.4, 0.5) is 0 Å². The average Bonchev–Trinajstić information content (AvgIpc) is 2.93. The van der Waals surface area contributed by atoms with Crippen LogP contribution >= 0.6 is 24.8 Å². The monoisotopic (exact) mass is 409 g/mol. The van der Waals surface area contributed by atoms with Gasteiger partial charge in [-0.15, -0.1) is 24.8 Å².